The van der Waals surface area contributed by atoms with Gasteiger partial charge in [-0.1, -0.05) is 6.07 Å². The molecule has 3 rings (SSSR count). The third-order valence-corrected chi connectivity index (χ3v) is 4.38. The van der Waals surface area contributed by atoms with Crippen molar-refractivity contribution in [3.63, 3.8) is 0 Å². The third-order valence-electron chi connectivity index (χ3n) is 4.38. The minimum atomic E-state index is -0.336. The molecule has 5 nitrogen and oxygen atoms in total. The maximum Gasteiger partial charge on any atom is 0.149 e. The van der Waals surface area contributed by atoms with Crippen LogP contribution in [-0.2, 0) is 11.5 Å². The van der Waals surface area contributed by atoms with Gasteiger partial charge < -0.3 is 5.32 Å². The molecule has 136 valence electrons. The van der Waals surface area contributed by atoms with Crippen LogP contribution in [0, 0.1) is 24.1 Å². The summed E-state index contributed by atoms with van der Waals surface area (Å²) >= 11 is 0. The molecule has 0 saturated carbocycles. The second-order valence-corrected chi connectivity index (χ2v) is 6.46. The summed E-state index contributed by atoms with van der Waals surface area (Å²) in [7, 11) is 1.93. The summed E-state index contributed by atoms with van der Waals surface area (Å²) in [5, 5.41) is 15.7. The van der Waals surface area contributed by atoms with Crippen molar-refractivity contribution in [2.24, 2.45) is 0 Å². The van der Waals surface area contributed by atoms with Crippen LogP contribution in [0.15, 0.2) is 36.4 Å². The maximum atomic E-state index is 14.6. The van der Waals surface area contributed by atoms with Crippen LogP contribution in [0.25, 0.3) is 0 Å². The van der Waals surface area contributed by atoms with Gasteiger partial charge in [0.05, 0.1) is 23.9 Å². The summed E-state index contributed by atoms with van der Waals surface area (Å²) in [4.78, 5) is 6.00. The smallest absolute Gasteiger partial charge is 0.149 e. The van der Waals surface area contributed by atoms with Gasteiger partial charge in [0, 0.05) is 6.54 Å². The van der Waals surface area contributed by atoms with E-state index in [0.29, 0.717) is 17.8 Å². The van der Waals surface area contributed by atoms with Gasteiger partial charge in [0.25, 0.3) is 0 Å². The molecule has 26 heavy (non-hydrogen) atoms. The average Bonchev–Trinajstić information content (AvgIpc) is 2.64. The van der Waals surface area contributed by atoms with E-state index in [1.165, 1.54) is 11.1 Å². The van der Waals surface area contributed by atoms with E-state index in [-0.39, 0.29) is 5.82 Å². The fourth-order valence-corrected chi connectivity index (χ4v) is 3.02. The Hall–Kier alpha value is -2.46. The minimum Gasteiger partial charge on any atom is -0.320 e. The molecule has 0 aromatic heterocycles. The van der Waals surface area contributed by atoms with E-state index < -0.39 is 0 Å². The van der Waals surface area contributed by atoms with E-state index in [1.54, 1.807) is 12.1 Å². The zero-order valence-electron chi connectivity index (χ0n) is 15.1. The summed E-state index contributed by atoms with van der Waals surface area (Å²) in [6.07, 6.45) is 1.98. The highest BCUT2D eigenvalue weighted by atomic mass is 19.1. The lowest BCUT2D eigenvalue weighted by Crippen LogP contribution is -2.38. The van der Waals surface area contributed by atoms with Gasteiger partial charge in [0.15, 0.2) is 0 Å². The van der Waals surface area contributed by atoms with Crippen LogP contribution in [0.4, 0.5) is 15.8 Å². The molecule has 0 saturated heterocycles. The Bertz CT molecular complexity index is 818. The number of rotatable bonds is 6. The molecular formula is C20H23FN4O. The molecule has 0 radical (unpaired) electrons. The van der Waals surface area contributed by atoms with E-state index in [1.807, 2.05) is 37.2 Å². The number of fused-ring (bicyclic) bond motifs is 1. The number of nitrogens with zero attached hydrogens (tertiary/aromatic N) is 3. The van der Waals surface area contributed by atoms with Crippen LogP contribution >= 0.6 is 0 Å². The van der Waals surface area contributed by atoms with Gasteiger partial charge in [-0.05, 0) is 74.8 Å². The number of nitrogens with one attached hydrogen (secondary N) is 1. The highest BCUT2D eigenvalue weighted by Crippen LogP contribution is 2.36. The van der Waals surface area contributed by atoms with E-state index in [4.69, 9.17) is 4.94 Å². The summed E-state index contributed by atoms with van der Waals surface area (Å²) in [5.74, 6) is -0.336. The van der Waals surface area contributed by atoms with Gasteiger partial charge >= 0.3 is 0 Å². The standard InChI is InChI=1S/C20H23FN4O/c1-15-5-7-20(18(21)11-15)25-19-8-6-16(13-22)12-17(19)14-24(26-25)10-4-3-9-23-2/h5-8,11-12,23H,3-4,9-10,14H2,1-2H3. The Morgan fingerprint density at radius 1 is 1.19 bits per heavy atom. The van der Waals surface area contributed by atoms with E-state index in [0.717, 1.165) is 42.7 Å². The van der Waals surface area contributed by atoms with E-state index in [2.05, 4.69) is 11.4 Å². The number of aryl methyl sites for hydroxylation is 1. The Kier molecular flexibility index (Phi) is 5.84. The molecule has 2 aromatic carbocycles. The van der Waals surface area contributed by atoms with Crippen LogP contribution in [0.3, 0.4) is 0 Å². The topological polar surface area (TPSA) is 51.5 Å². The van der Waals surface area contributed by atoms with E-state index in [9.17, 15) is 9.65 Å². The largest absolute Gasteiger partial charge is 0.320 e. The maximum absolute atomic E-state index is 14.6. The van der Waals surface area contributed by atoms with Crippen LogP contribution < -0.4 is 10.4 Å². The highest BCUT2D eigenvalue weighted by Gasteiger charge is 2.27. The molecule has 0 unspecified atom stereocenters. The molecule has 1 aliphatic rings. The van der Waals surface area contributed by atoms with Crippen molar-refractivity contribution in [1.29, 1.82) is 5.26 Å². The zero-order valence-corrected chi connectivity index (χ0v) is 15.1. The normalized spacial score (nSPS) is 14.2. The van der Waals surface area contributed by atoms with Crippen molar-refractivity contribution >= 4 is 11.4 Å². The highest BCUT2D eigenvalue weighted by molar-refractivity contribution is 5.66. The first kappa shape index (κ1) is 18.3. The first-order chi connectivity index (χ1) is 12.6. The first-order valence-corrected chi connectivity index (χ1v) is 8.79. The van der Waals surface area contributed by atoms with Crippen LogP contribution in [0.1, 0.15) is 29.5 Å². The second-order valence-electron chi connectivity index (χ2n) is 6.46. The Labute approximate surface area is 153 Å². The zero-order chi connectivity index (χ0) is 18.5. The molecule has 0 atom stereocenters. The molecule has 1 N–H and O–H groups in total. The lowest BCUT2D eigenvalue weighted by atomic mass is 10.1. The van der Waals surface area contributed by atoms with Gasteiger partial charge in [-0.25, -0.2) is 4.39 Å². The molecule has 0 aliphatic carbocycles. The fraction of sp³-hybridized carbons (Fsp3) is 0.350. The van der Waals surface area contributed by atoms with Gasteiger partial charge in [0.2, 0.25) is 0 Å². The predicted octanol–water partition coefficient (Wildman–Crippen LogP) is 3.81. The van der Waals surface area contributed by atoms with Crippen LogP contribution in [0.2, 0.25) is 0 Å². The number of unbranched alkanes of at least 4 members (excludes halogenated alkanes) is 1. The Morgan fingerprint density at radius 3 is 2.73 bits per heavy atom. The van der Waals surface area contributed by atoms with Gasteiger partial charge in [-0.2, -0.15) is 20.3 Å². The lowest BCUT2D eigenvalue weighted by molar-refractivity contribution is -0.176. The summed E-state index contributed by atoms with van der Waals surface area (Å²) in [5.41, 5.74) is 3.51. The predicted molar refractivity (Wildman–Crippen MR) is 99.1 cm³/mol. The number of hydrogen-bond acceptors (Lipinski definition) is 5. The van der Waals surface area contributed by atoms with Crippen molar-refractivity contribution < 1.29 is 9.33 Å². The van der Waals surface area contributed by atoms with Crippen LogP contribution in [-0.4, -0.2) is 25.2 Å². The Balaban J connectivity index is 1.91. The molecular weight excluding hydrogens is 331 g/mol. The second kappa shape index (κ2) is 8.28. The number of hydrogen-bond donors (Lipinski definition) is 1. The molecule has 2 aromatic rings. The molecule has 0 spiro atoms. The summed E-state index contributed by atoms with van der Waals surface area (Å²) < 4.78 is 14.6. The number of anilines is 2. The molecule has 6 heteroatoms. The number of nitriles is 1. The van der Waals surface area contributed by atoms with Crippen molar-refractivity contribution in [2.75, 3.05) is 25.2 Å². The number of hydroxylamine groups is 2. The summed E-state index contributed by atoms with van der Waals surface area (Å²) in [6, 6.07) is 12.6. The number of benzene rings is 2. The van der Waals surface area contributed by atoms with Crippen molar-refractivity contribution in [2.45, 2.75) is 26.3 Å². The molecule has 1 heterocycles. The van der Waals surface area contributed by atoms with Crippen molar-refractivity contribution in [1.82, 2.24) is 10.4 Å². The SMILES string of the molecule is CNCCCCN1Cc2cc(C#N)ccc2N(c2ccc(C)cc2F)O1. The van der Waals surface area contributed by atoms with Gasteiger partial charge in [-0.15, -0.1) is 0 Å². The quantitative estimate of drug-likeness (QED) is 0.800. The Morgan fingerprint density at radius 2 is 2.00 bits per heavy atom. The fourth-order valence-electron chi connectivity index (χ4n) is 3.02. The van der Waals surface area contributed by atoms with Crippen molar-refractivity contribution in [3.05, 3.63) is 58.9 Å². The minimum absolute atomic E-state index is 0.336. The number of halogens is 1. The van der Waals surface area contributed by atoms with E-state index >= 15 is 0 Å². The van der Waals surface area contributed by atoms with Gasteiger partial charge in [-0.3, -0.25) is 0 Å². The first-order valence-electron chi connectivity index (χ1n) is 8.79. The molecule has 0 fully saturated rings. The third kappa shape index (κ3) is 4.02. The molecule has 0 bridgehead atoms. The molecule has 0 amide bonds. The van der Waals surface area contributed by atoms with Gasteiger partial charge in [0.1, 0.15) is 11.5 Å². The molecule has 1 aliphatic heterocycles. The monoisotopic (exact) mass is 354 g/mol. The lowest BCUT2D eigenvalue weighted by Gasteiger charge is -2.36. The average molecular weight is 354 g/mol. The van der Waals surface area contributed by atoms with Crippen molar-refractivity contribution in [3.8, 4) is 6.07 Å². The van der Waals surface area contributed by atoms with Crippen LogP contribution in [0.5, 0.6) is 0 Å². The summed E-state index contributed by atoms with van der Waals surface area (Å²) in [6.45, 7) is 4.08.